The number of rotatable bonds is 9. The van der Waals surface area contributed by atoms with Crippen LogP contribution in [0.5, 0.6) is 11.5 Å². The number of carbonyl (C=O) groups is 1. The van der Waals surface area contributed by atoms with E-state index in [2.05, 4.69) is 0 Å². The van der Waals surface area contributed by atoms with Crippen LogP contribution in [0.2, 0.25) is 0 Å². The Labute approximate surface area is 109 Å². The number of hydrogen-bond donors (Lipinski definition) is 0. The number of unbranched alkanes of at least 4 members (excludes halogenated alkanes) is 3. The van der Waals surface area contributed by atoms with Crippen molar-refractivity contribution in [3.63, 3.8) is 0 Å². The summed E-state index contributed by atoms with van der Waals surface area (Å²) in [5.41, 5.74) is 0. The van der Waals surface area contributed by atoms with Crippen LogP contribution in [0, 0.1) is 0 Å². The molecule has 3 nitrogen and oxygen atoms in total. The highest BCUT2D eigenvalue weighted by Gasteiger charge is 1.96. The number of benzene rings is 1. The Hall–Kier alpha value is -1.51. The minimum Gasteiger partial charge on any atom is -0.497 e. The second kappa shape index (κ2) is 8.56. The van der Waals surface area contributed by atoms with Crippen LogP contribution < -0.4 is 9.47 Å². The Kier molecular flexibility index (Phi) is 6.92. The third kappa shape index (κ3) is 6.28. The highest BCUT2D eigenvalue weighted by atomic mass is 16.5. The molecule has 0 unspecified atom stereocenters. The van der Waals surface area contributed by atoms with Gasteiger partial charge in [-0.05, 0) is 44.0 Å². The Bertz CT molecular complexity index is 343. The summed E-state index contributed by atoms with van der Waals surface area (Å²) in [6, 6.07) is 7.60. The Morgan fingerprint density at radius 2 is 1.61 bits per heavy atom. The van der Waals surface area contributed by atoms with E-state index in [4.69, 9.17) is 9.47 Å². The molecule has 0 heterocycles. The van der Waals surface area contributed by atoms with Crippen LogP contribution in [0.25, 0.3) is 0 Å². The zero-order valence-electron chi connectivity index (χ0n) is 11.3. The van der Waals surface area contributed by atoms with Gasteiger partial charge in [-0.3, -0.25) is 0 Å². The van der Waals surface area contributed by atoms with Gasteiger partial charge in [0.1, 0.15) is 17.3 Å². The molecule has 0 aliphatic rings. The number of Topliss-reactive ketones (excluding diaryl/α,β-unsaturated/α-hetero) is 1. The fraction of sp³-hybridized carbons (Fsp3) is 0.533. The monoisotopic (exact) mass is 250 g/mol. The van der Waals surface area contributed by atoms with E-state index in [9.17, 15) is 4.79 Å². The van der Waals surface area contributed by atoms with Crippen LogP contribution in [0.4, 0.5) is 0 Å². The van der Waals surface area contributed by atoms with Crippen LogP contribution in [0.15, 0.2) is 24.3 Å². The van der Waals surface area contributed by atoms with Crippen molar-refractivity contribution in [2.75, 3.05) is 13.7 Å². The molecule has 18 heavy (non-hydrogen) atoms. The molecule has 0 amide bonds. The van der Waals surface area contributed by atoms with Gasteiger partial charge in [-0.15, -0.1) is 0 Å². The van der Waals surface area contributed by atoms with E-state index in [-0.39, 0.29) is 5.78 Å². The second-order valence-corrected chi connectivity index (χ2v) is 4.39. The molecule has 0 N–H and O–H groups in total. The lowest BCUT2D eigenvalue weighted by Gasteiger charge is -2.06. The smallest absolute Gasteiger partial charge is 0.129 e. The first-order chi connectivity index (χ1) is 8.72. The standard InChI is InChI=1S/C15H22O3/c1-13(16)7-5-3-4-6-12-18-15-10-8-14(17-2)9-11-15/h8-11H,3-7,12H2,1-2H3. The topological polar surface area (TPSA) is 35.5 Å². The molecule has 0 fully saturated rings. The van der Waals surface area contributed by atoms with E-state index < -0.39 is 0 Å². The molecule has 0 spiro atoms. The molecule has 1 aromatic rings. The molecule has 0 bridgehead atoms. The minimum atomic E-state index is 0.282. The summed E-state index contributed by atoms with van der Waals surface area (Å²) in [5, 5.41) is 0. The fourth-order valence-electron chi connectivity index (χ4n) is 1.69. The summed E-state index contributed by atoms with van der Waals surface area (Å²) >= 11 is 0. The van der Waals surface area contributed by atoms with E-state index in [1.54, 1.807) is 14.0 Å². The summed E-state index contributed by atoms with van der Waals surface area (Å²) in [4.78, 5) is 10.7. The molecule has 0 atom stereocenters. The summed E-state index contributed by atoms with van der Waals surface area (Å²) in [7, 11) is 1.65. The number of methoxy groups -OCH3 is 1. The van der Waals surface area contributed by atoms with Gasteiger partial charge in [0.25, 0.3) is 0 Å². The molecule has 0 aromatic heterocycles. The van der Waals surface area contributed by atoms with Crippen LogP contribution in [0.1, 0.15) is 39.0 Å². The molecule has 0 radical (unpaired) electrons. The Morgan fingerprint density at radius 3 is 2.22 bits per heavy atom. The van der Waals surface area contributed by atoms with E-state index in [0.29, 0.717) is 6.42 Å². The van der Waals surface area contributed by atoms with Gasteiger partial charge in [0.05, 0.1) is 13.7 Å². The Morgan fingerprint density at radius 1 is 1.00 bits per heavy atom. The van der Waals surface area contributed by atoms with E-state index in [0.717, 1.165) is 43.8 Å². The van der Waals surface area contributed by atoms with Crippen molar-refractivity contribution in [3.8, 4) is 11.5 Å². The first-order valence-corrected chi connectivity index (χ1v) is 6.48. The highest BCUT2D eigenvalue weighted by Crippen LogP contribution is 2.17. The summed E-state index contributed by atoms with van der Waals surface area (Å²) in [6.45, 7) is 2.37. The van der Waals surface area contributed by atoms with Crippen molar-refractivity contribution in [2.24, 2.45) is 0 Å². The maximum Gasteiger partial charge on any atom is 0.129 e. The number of carbonyl (C=O) groups excluding carboxylic acids is 1. The average molecular weight is 250 g/mol. The van der Waals surface area contributed by atoms with Crippen LogP contribution >= 0.6 is 0 Å². The van der Waals surface area contributed by atoms with Gasteiger partial charge in [0.15, 0.2) is 0 Å². The zero-order valence-corrected chi connectivity index (χ0v) is 11.3. The number of ketones is 1. The lowest BCUT2D eigenvalue weighted by Crippen LogP contribution is -1.97. The number of hydrogen-bond acceptors (Lipinski definition) is 3. The van der Waals surface area contributed by atoms with Crippen LogP contribution in [0.3, 0.4) is 0 Å². The minimum absolute atomic E-state index is 0.282. The lowest BCUT2D eigenvalue weighted by molar-refractivity contribution is -0.117. The molecular weight excluding hydrogens is 228 g/mol. The predicted molar refractivity (Wildman–Crippen MR) is 72.3 cm³/mol. The average Bonchev–Trinajstić information content (AvgIpc) is 2.38. The third-order valence-electron chi connectivity index (χ3n) is 2.75. The predicted octanol–water partition coefficient (Wildman–Crippen LogP) is 3.61. The molecule has 1 rings (SSSR count). The van der Waals surface area contributed by atoms with Gasteiger partial charge in [0, 0.05) is 6.42 Å². The first-order valence-electron chi connectivity index (χ1n) is 6.48. The molecule has 0 saturated carbocycles. The fourth-order valence-corrected chi connectivity index (χ4v) is 1.69. The third-order valence-corrected chi connectivity index (χ3v) is 2.75. The van der Waals surface area contributed by atoms with Gasteiger partial charge in [0.2, 0.25) is 0 Å². The normalized spacial score (nSPS) is 10.1. The SMILES string of the molecule is COc1ccc(OCCCCCCC(C)=O)cc1. The van der Waals surface area contributed by atoms with E-state index in [1.807, 2.05) is 24.3 Å². The first kappa shape index (κ1) is 14.6. The van der Waals surface area contributed by atoms with Gasteiger partial charge in [-0.25, -0.2) is 0 Å². The maximum atomic E-state index is 10.7. The second-order valence-electron chi connectivity index (χ2n) is 4.39. The van der Waals surface area contributed by atoms with Gasteiger partial charge >= 0.3 is 0 Å². The summed E-state index contributed by atoms with van der Waals surface area (Å²) < 4.78 is 10.7. The van der Waals surface area contributed by atoms with E-state index in [1.165, 1.54) is 0 Å². The van der Waals surface area contributed by atoms with E-state index >= 15 is 0 Å². The van der Waals surface area contributed by atoms with Crippen molar-refractivity contribution in [2.45, 2.75) is 39.0 Å². The quantitative estimate of drug-likeness (QED) is 0.628. The van der Waals surface area contributed by atoms with Crippen molar-refractivity contribution in [1.29, 1.82) is 0 Å². The van der Waals surface area contributed by atoms with Crippen molar-refractivity contribution in [3.05, 3.63) is 24.3 Å². The van der Waals surface area contributed by atoms with Gasteiger partial charge < -0.3 is 14.3 Å². The molecule has 1 aromatic carbocycles. The lowest BCUT2D eigenvalue weighted by atomic mass is 10.1. The highest BCUT2D eigenvalue weighted by molar-refractivity contribution is 5.75. The molecular formula is C15H22O3. The van der Waals surface area contributed by atoms with Gasteiger partial charge in [-0.2, -0.15) is 0 Å². The van der Waals surface area contributed by atoms with Crippen molar-refractivity contribution in [1.82, 2.24) is 0 Å². The van der Waals surface area contributed by atoms with Crippen LogP contribution in [-0.2, 0) is 4.79 Å². The van der Waals surface area contributed by atoms with Crippen molar-refractivity contribution < 1.29 is 14.3 Å². The largest absolute Gasteiger partial charge is 0.497 e. The van der Waals surface area contributed by atoms with Crippen LogP contribution in [-0.4, -0.2) is 19.5 Å². The van der Waals surface area contributed by atoms with Crippen molar-refractivity contribution >= 4 is 5.78 Å². The molecule has 3 heteroatoms. The summed E-state index contributed by atoms with van der Waals surface area (Å²) in [5.74, 6) is 2.00. The molecule has 0 saturated heterocycles. The Balaban J connectivity index is 2.05. The van der Waals surface area contributed by atoms with Gasteiger partial charge in [-0.1, -0.05) is 12.8 Å². The zero-order chi connectivity index (χ0) is 13.2. The number of ether oxygens (including phenoxy) is 2. The molecule has 0 aliphatic carbocycles. The molecule has 100 valence electrons. The maximum absolute atomic E-state index is 10.7. The molecule has 0 aliphatic heterocycles. The summed E-state index contributed by atoms with van der Waals surface area (Å²) in [6.07, 6.45) is 4.95.